The van der Waals surface area contributed by atoms with E-state index < -0.39 is 0 Å². The molecule has 2 N–H and O–H groups in total. The van der Waals surface area contributed by atoms with Gasteiger partial charge < -0.3 is 10.6 Å². The molecule has 0 saturated heterocycles. The normalized spacial score (nSPS) is 18.0. The summed E-state index contributed by atoms with van der Waals surface area (Å²) in [5, 5.41) is 6.11. The van der Waals surface area contributed by atoms with E-state index in [0.717, 1.165) is 0 Å². The molecule has 0 saturated carbocycles. The Morgan fingerprint density at radius 2 is 1.25 bits per heavy atom. The molecule has 0 amide bonds. The molecule has 0 aliphatic rings. The molecular formula is C4H12N2S2. The lowest BCUT2D eigenvalue weighted by Gasteiger charge is -2.15. The highest BCUT2D eigenvalue weighted by Crippen LogP contribution is 1.99. The Labute approximate surface area is 61.2 Å². The zero-order chi connectivity index (χ0) is 6.57. The van der Waals surface area contributed by atoms with Gasteiger partial charge in [-0.15, -0.1) is 0 Å². The van der Waals surface area contributed by atoms with Crippen molar-refractivity contribution in [2.45, 2.75) is 10.7 Å². The van der Waals surface area contributed by atoms with Crippen LogP contribution in [0, 0.1) is 0 Å². The van der Waals surface area contributed by atoms with Crippen molar-refractivity contribution >= 4 is 25.3 Å². The summed E-state index contributed by atoms with van der Waals surface area (Å²) in [5.41, 5.74) is 0. The predicted molar refractivity (Wildman–Crippen MR) is 43.7 cm³/mol. The van der Waals surface area contributed by atoms with Crippen molar-refractivity contribution in [3.8, 4) is 0 Å². The number of thiol groups is 2. The van der Waals surface area contributed by atoms with Crippen LogP contribution in [-0.4, -0.2) is 24.8 Å². The Morgan fingerprint density at radius 3 is 1.38 bits per heavy atom. The van der Waals surface area contributed by atoms with Crippen LogP contribution in [0.15, 0.2) is 0 Å². The standard InChI is InChI=1S/C4H12N2S2/c1-5-3(7)4(8)6-2/h3-8H,1-2H3. The van der Waals surface area contributed by atoms with Gasteiger partial charge in [-0.05, 0) is 14.1 Å². The van der Waals surface area contributed by atoms with E-state index in [4.69, 9.17) is 0 Å². The Bertz CT molecular complexity index is 52.0. The van der Waals surface area contributed by atoms with E-state index in [9.17, 15) is 0 Å². The summed E-state index contributed by atoms with van der Waals surface area (Å²) in [6, 6.07) is 0. The maximum atomic E-state index is 4.15. The van der Waals surface area contributed by atoms with Gasteiger partial charge in [-0.25, -0.2) is 0 Å². The number of hydrogen-bond donors (Lipinski definition) is 4. The van der Waals surface area contributed by atoms with Crippen LogP contribution in [0.1, 0.15) is 0 Å². The number of hydrogen-bond acceptors (Lipinski definition) is 4. The van der Waals surface area contributed by atoms with E-state index >= 15 is 0 Å². The molecule has 0 aromatic carbocycles. The fraction of sp³-hybridized carbons (Fsp3) is 1.00. The molecule has 0 bridgehead atoms. The van der Waals surface area contributed by atoms with Gasteiger partial charge in [0.15, 0.2) is 0 Å². The van der Waals surface area contributed by atoms with Crippen LogP contribution in [0.5, 0.6) is 0 Å². The third-order valence-corrected chi connectivity index (χ3v) is 2.24. The molecule has 0 spiro atoms. The van der Waals surface area contributed by atoms with Gasteiger partial charge in [-0.1, -0.05) is 0 Å². The summed E-state index contributed by atoms with van der Waals surface area (Å²) in [4.78, 5) is 0. The summed E-state index contributed by atoms with van der Waals surface area (Å²) >= 11 is 8.31. The highest BCUT2D eigenvalue weighted by Gasteiger charge is 2.06. The maximum Gasteiger partial charge on any atom is 0.0748 e. The highest BCUT2D eigenvalue weighted by atomic mass is 32.1. The van der Waals surface area contributed by atoms with E-state index in [1.807, 2.05) is 14.1 Å². The highest BCUT2D eigenvalue weighted by molar-refractivity contribution is 7.85. The summed E-state index contributed by atoms with van der Waals surface area (Å²) < 4.78 is 0. The van der Waals surface area contributed by atoms with Gasteiger partial charge in [0, 0.05) is 0 Å². The van der Waals surface area contributed by atoms with Gasteiger partial charge >= 0.3 is 0 Å². The van der Waals surface area contributed by atoms with E-state index in [1.165, 1.54) is 0 Å². The lowest BCUT2D eigenvalue weighted by Crippen LogP contribution is -2.37. The number of nitrogens with one attached hydrogen (secondary N) is 2. The van der Waals surface area contributed by atoms with Crippen LogP contribution in [0.3, 0.4) is 0 Å². The van der Waals surface area contributed by atoms with Gasteiger partial charge in [-0.3, -0.25) is 0 Å². The third-order valence-electron chi connectivity index (χ3n) is 0.891. The molecule has 0 aliphatic carbocycles. The molecule has 0 radical (unpaired) electrons. The molecule has 0 rings (SSSR count). The average Bonchev–Trinajstić information content (AvgIpc) is 1.84. The predicted octanol–water partition coefficient (Wildman–Crippen LogP) is -0.0630. The fourth-order valence-corrected chi connectivity index (χ4v) is 0.614. The minimum absolute atomic E-state index is 0.114. The SMILES string of the molecule is CNC(S)C(S)NC. The second-order valence-electron chi connectivity index (χ2n) is 1.47. The van der Waals surface area contributed by atoms with Crippen LogP contribution >= 0.6 is 25.3 Å². The molecule has 0 aromatic heterocycles. The number of rotatable bonds is 3. The van der Waals surface area contributed by atoms with Crippen molar-refractivity contribution < 1.29 is 0 Å². The molecule has 8 heavy (non-hydrogen) atoms. The van der Waals surface area contributed by atoms with Gasteiger partial charge in [0.05, 0.1) is 10.7 Å². The summed E-state index contributed by atoms with van der Waals surface area (Å²) in [5.74, 6) is 0. The first-order chi connectivity index (χ1) is 3.72. The van der Waals surface area contributed by atoms with Crippen molar-refractivity contribution in [1.29, 1.82) is 0 Å². The van der Waals surface area contributed by atoms with Crippen molar-refractivity contribution in [3.63, 3.8) is 0 Å². The summed E-state index contributed by atoms with van der Waals surface area (Å²) in [7, 11) is 3.69. The van der Waals surface area contributed by atoms with E-state index in [-0.39, 0.29) is 10.7 Å². The van der Waals surface area contributed by atoms with Crippen molar-refractivity contribution in [3.05, 3.63) is 0 Å². The van der Waals surface area contributed by atoms with E-state index in [2.05, 4.69) is 35.9 Å². The smallest absolute Gasteiger partial charge is 0.0748 e. The van der Waals surface area contributed by atoms with E-state index in [0.29, 0.717) is 0 Å². The molecule has 4 heteroatoms. The molecule has 2 atom stereocenters. The lowest BCUT2D eigenvalue weighted by molar-refractivity contribution is 0.643. The summed E-state index contributed by atoms with van der Waals surface area (Å²) in [6.07, 6.45) is 0. The topological polar surface area (TPSA) is 24.1 Å². The van der Waals surface area contributed by atoms with Crippen molar-refractivity contribution in [2.24, 2.45) is 0 Å². The number of likely N-dealkylation sites (N-methyl/N-ethyl adjacent to an activating group) is 2. The monoisotopic (exact) mass is 152 g/mol. The minimum atomic E-state index is 0.114. The van der Waals surface area contributed by atoms with Gasteiger partial charge in [-0.2, -0.15) is 25.3 Å². The molecule has 0 aromatic rings. The van der Waals surface area contributed by atoms with Crippen molar-refractivity contribution in [2.75, 3.05) is 14.1 Å². The quantitative estimate of drug-likeness (QED) is 0.336. The maximum absolute atomic E-state index is 4.15. The van der Waals surface area contributed by atoms with Gasteiger partial charge in [0.1, 0.15) is 0 Å². The first kappa shape index (κ1) is 8.62. The molecule has 0 aliphatic heterocycles. The zero-order valence-corrected chi connectivity index (χ0v) is 6.84. The minimum Gasteiger partial charge on any atom is -0.307 e. The molecular weight excluding hydrogens is 140 g/mol. The van der Waals surface area contributed by atoms with Crippen molar-refractivity contribution in [1.82, 2.24) is 10.6 Å². The first-order valence-corrected chi connectivity index (χ1v) is 3.46. The van der Waals surface area contributed by atoms with Gasteiger partial charge in [0.25, 0.3) is 0 Å². The Kier molecular flexibility index (Phi) is 4.84. The molecule has 0 fully saturated rings. The first-order valence-electron chi connectivity index (χ1n) is 2.43. The lowest BCUT2D eigenvalue weighted by atomic mass is 10.6. The fourth-order valence-electron chi connectivity index (χ4n) is 0.316. The largest absolute Gasteiger partial charge is 0.307 e. The average molecular weight is 152 g/mol. The van der Waals surface area contributed by atoms with E-state index in [1.54, 1.807) is 0 Å². The molecule has 2 unspecified atom stereocenters. The van der Waals surface area contributed by atoms with Crippen LogP contribution < -0.4 is 10.6 Å². The van der Waals surface area contributed by atoms with Crippen LogP contribution in [-0.2, 0) is 0 Å². The molecule has 0 heterocycles. The molecule has 2 nitrogen and oxygen atoms in total. The second kappa shape index (κ2) is 4.49. The Hall–Kier alpha value is 0.620. The van der Waals surface area contributed by atoms with Crippen LogP contribution in [0.2, 0.25) is 0 Å². The second-order valence-corrected chi connectivity index (χ2v) is 2.58. The Morgan fingerprint density at radius 1 is 1.00 bits per heavy atom. The Balaban J connectivity index is 3.29. The van der Waals surface area contributed by atoms with Gasteiger partial charge in [0.2, 0.25) is 0 Å². The summed E-state index contributed by atoms with van der Waals surface area (Å²) in [6.45, 7) is 0. The van der Waals surface area contributed by atoms with Crippen LogP contribution in [0.4, 0.5) is 0 Å². The third kappa shape index (κ3) is 2.81. The zero-order valence-electron chi connectivity index (χ0n) is 5.05. The van der Waals surface area contributed by atoms with Crippen LogP contribution in [0.25, 0.3) is 0 Å². The molecule has 50 valence electrons.